The third-order valence-corrected chi connectivity index (χ3v) is 17.2. The smallest absolute Gasteiger partial charge is 0.264 e. The molecular formula is C63H65N5O13S3. The molecule has 3 N–H and O–H groups in total. The summed E-state index contributed by atoms with van der Waals surface area (Å²) in [6, 6.07) is 48.9. The fourth-order valence-electron chi connectivity index (χ4n) is 10.7. The van der Waals surface area contributed by atoms with Gasteiger partial charge in [-0.2, -0.15) is 25.3 Å². The molecule has 0 amide bonds. The first-order valence-corrected chi connectivity index (χ1v) is 32.4. The second-order valence-electron chi connectivity index (χ2n) is 21.7. The van der Waals surface area contributed by atoms with E-state index in [1.165, 1.54) is 0 Å². The Kier molecular flexibility index (Phi) is 16.9. The number of benzene rings is 7. The third-order valence-electron chi connectivity index (χ3n) is 14.8. The molecule has 2 aliphatic rings. The van der Waals surface area contributed by atoms with Crippen LogP contribution in [0, 0.1) is 0 Å². The molecule has 0 bridgehead atoms. The van der Waals surface area contributed by atoms with Crippen molar-refractivity contribution in [3.8, 4) is 57.2 Å². The van der Waals surface area contributed by atoms with Crippen LogP contribution in [0.4, 0.5) is 34.1 Å². The van der Waals surface area contributed by atoms with Crippen LogP contribution < -0.4 is 28.7 Å². The van der Waals surface area contributed by atoms with Gasteiger partial charge in [0.25, 0.3) is 30.4 Å². The van der Waals surface area contributed by atoms with Crippen molar-refractivity contribution >= 4 is 64.5 Å². The highest BCUT2D eigenvalue weighted by molar-refractivity contribution is 7.86. The maximum Gasteiger partial charge on any atom is 0.264 e. The summed E-state index contributed by atoms with van der Waals surface area (Å²) >= 11 is 0. The summed E-state index contributed by atoms with van der Waals surface area (Å²) in [6.45, 7) is 11.0. The van der Waals surface area contributed by atoms with Crippen molar-refractivity contribution in [1.29, 1.82) is 0 Å². The second kappa shape index (κ2) is 24.0. The molecule has 2 aliphatic heterocycles. The molecule has 438 valence electrons. The molecule has 8 aromatic rings. The van der Waals surface area contributed by atoms with Crippen LogP contribution in [0.1, 0.15) is 82.6 Å². The molecule has 0 fully saturated rings. The summed E-state index contributed by atoms with van der Waals surface area (Å²) in [4.78, 5) is 19.8. The highest BCUT2D eigenvalue weighted by Gasteiger charge is 2.41. The Balaban J connectivity index is 1.22. The second-order valence-corrected chi connectivity index (χ2v) is 26.4. The lowest BCUT2D eigenvalue weighted by Crippen LogP contribution is -2.32. The molecule has 0 unspecified atom stereocenters. The summed E-state index contributed by atoms with van der Waals surface area (Å²) in [7, 11) is -12.6. The molecule has 0 saturated heterocycles. The van der Waals surface area contributed by atoms with Crippen molar-refractivity contribution in [2.75, 3.05) is 53.5 Å². The van der Waals surface area contributed by atoms with Crippen molar-refractivity contribution in [1.82, 2.24) is 15.0 Å². The standard InChI is InChI=1S/C63H65N5O13S3/c1-6-28-78-47-20-24-55-51(38-47)62(2,3)52-39-48(79-29-13-32-82(69,70)71)21-25-56(52)67(55)45-35-44(61-65-59(42-16-9-7-10-17-42)64-60(66-61)43-18-11-8-12-19-43)36-46(37-45)68-57-26-22-49(80-30-14-33-83(72,73)74)40-53(57)63(4,5)54-41-50(23-27-58(54)68)81-31-15-34-84(75,76)77/h7-12,16-27,35-41H,6,13-15,28-34H2,1-5H3,(H,69,70,71)(H,72,73,74)(H,75,76,77). The SMILES string of the molecule is CCCOc1ccc2c(c1)C(C)(C)c1cc(OCCCS(=O)(=O)O)ccc1N2c1cc(-c2nc(-c3ccccc3)nc(-c3ccccc3)n2)cc(N2c3ccc(OCCCS(=O)(=O)O)cc3C(C)(C)c3cc(OCCCS(=O)(=O)O)ccc32)c1. The quantitative estimate of drug-likeness (QED) is 0.0398. The summed E-state index contributed by atoms with van der Waals surface area (Å²) in [5.74, 6) is 2.03. The molecule has 0 aliphatic carbocycles. The van der Waals surface area contributed by atoms with Gasteiger partial charge < -0.3 is 28.7 Å². The van der Waals surface area contributed by atoms with Gasteiger partial charge >= 0.3 is 0 Å². The Hall–Kier alpha value is -7.92. The molecule has 0 radical (unpaired) electrons. The van der Waals surface area contributed by atoms with E-state index in [-0.39, 0.29) is 39.1 Å². The van der Waals surface area contributed by atoms with Gasteiger partial charge in [-0.1, -0.05) is 95.3 Å². The van der Waals surface area contributed by atoms with Crippen molar-refractivity contribution in [2.24, 2.45) is 0 Å². The molecule has 0 atom stereocenters. The van der Waals surface area contributed by atoms with Gasteiger partial charge in [0.2, 0.25) is 0 Å². The summed E-state index contributed by atoms with van der Waals surface area (Å²) in [6.07, 6.45) is 0.980. The zero-order valence-electron chi connectivity index (χ0n) is 47.1. The van der Waals surface area contributed by atoms with E-state index in [2.05, 4.69) is 61.8 Å². The number of ether oxygens (including phenoxy) is 4. The maximum absolute atomic E-state index is 11.6. The summed E-state index contributed by atoms with van der Waals surface area (Å²) in [5.41, 5.74) is 8.89. The van der Waals surface area contributed by atoms with Gasteiger partial charge in [0.1, 0.15) is 23.0 Å². The van der Waals surface area contributed by atoms with E-state index >= 15 is 0 Å². The summed E-state index contributed by atoms with van der Waals surface area (Å²) in [5, 5.41) is 0. The van der Waals surface area contributed by atoms with Gasteiger partial charge in [-0.3, -0.25) is 13.7 Å². The first-order chi connectivity index (χ1) is 40.0. The van der Waals surface area contributed by atoms with Gasteiger partial charge in [0.05, 0.1) is 66.4 Å². The van der Waals surface area contributed by atoms with Crippen LogP contribution in [0.15, 0.2) is 152 Å². The number of anilines is 6. The molecule has 21 heteroatoms. The Morgan fingerprint density at radius 3 is 0.988 bits per heavy atom. The van der Waals surface area contributed by atoms with Crippen molar-refractivity contribution in [3.05, 3.63) is 174 Å². The van der Waals surface area contributed by atoms with Crippen molar-refractivity contribution in [2.45, 2.75) is 71.1 Å². The Morgan fingerprint density at radius 2 is 0.690 bits per heavy atom. The normalized spacial score (nSPS) is 14.2. The number of hydrogen-bond acceptors (Lipinski definition) is 15. The molecule has 84 heavy (non-hydrogen) atoms. The fraction of sp³-hybridized carbons (Fsp3) is 0.286. The lowest BCUT2D eigenvalue weighted by molar-refractivity contribution is 0.314. The molecule has 18 nitrogen and oxygen atoms in total. The number of rotatable bonds is 23. The molecule has 1 aromatic heterocycles. The van der Waals surface area contributed by atoms with Gasteiger partial charge in [0.15, 0.2) is 17.5 Å². The predicted octanol–water partition coefficient (Wildman–Crippen LogP) is 12.8. The Bertz CT molecular complexity index is 3940. The predicted molar refractivity (Wildman–Crippen MR) is 325 cm³/mol. The Morgan fingerprint density at radius 1 is 0.393 bits per heavy atom. The number of hydrogen-bond donors (Lipinski definition) is 3. The van der Waals surface area contributed by atoms with Crippen LogP contribution in [-0.2, 0) is 41.2 Å². The Labute approximate surface area is 490 Å². The average Bonchev–Trinajstić information content (AvgIpc) is 0.805. The van der Waals surface area contributed by atoms with E-state index in [0.29, 0.717) is 64.0 Å². The van der Waals surface area contributed by atoms with Gasteiger partial charge in [-0.05, 0) is 139 Å². The van der Waals surface area contributed by atoms with E-state index in [4.69, 9.17) is 33.9 Å². The molecule has 3 heterocycles. The minimum Gasteiger partial charge on any atom is -0.494 e. The van der Waals surface area contributed by atoms with E-state index in [0.717, 1.165) is 62.6 Å². The van der Waals surface area contributed by atoms with Crippen LogP contribution >= 0.6 is 0 Å². The largest absolute Gasteiger partial charge is 0.494 e. The first-order valence-electron chi connectivity index (χ1n) is 27.5. The van der Waals surface area contributed by atoms with E-state index in [1.54, 1.807) is 0 Å². The van der Waals surface area contributed by atoms with Crippen molar-refractivity contribution < 1.29 is 57.9 Å². The summed E-state index contributed by atoms with van der Waals surface area (Å²) < 4.78 is 123. The molecular weight excluding hydrogens is 1130 g/mol. The maximum atomic E-state index is 11.6. The first kappa shape index (κ1) is 59.2. The van der Waals surface area contributed by atoms with E-state index < -0.39 is 58.4 Å². The monoisotopic (exact) mass is 1200 g/mol. The molecule has 10 rings (SSSR count). The minimum absolute atomic E-state index is 0.0115. The highest BCUT2D eigenvalue weighted by Crippen LogP contribution is 2.57. The zero-order valence-corrected chi connectivity index (χ0v) is 49.5. The number of nitrogens with zero attached hydrogens (tertiary/aromatic N) is 5. The van der Waals surface area contributed by atoms with Gasteiger partial charge in [-0.15, -0.1) is 0 Å². The van der Waals surface area contributed by atoms with Crippen LogP contribution in [0.5, 0.6) is 23.0 Å². The minimum atomic E-state index is -4.22. The molecule has 0 spiro atoms. The number of aromatic nitrogens is 3. The lowest BCUT2D eigenvalue weighted by Gasteiger charge is -2.44. The van der Waals surface area contributed by atoms with E-state index in [1.807, 2.05) is 134 Å². The molecule has 0 saturated carbocycles. The van der Waals surface area contributed by atoms with Crippen LogP contribution in [-0.4, -0.2) is 97.5 Å². The molecule has 7 aromatic carbocycles. The lowest BCUT2D eigenvalue weighted by atomic mass is 9.73. The highest BCUT2D eigenvalue weighted by atomic mass is 32.2. The zero-order chi connectivity index (χ0) is 59.6. The van der Waals surface area contributed by atoms with Crippen LogP contribution in [0.3, 0.4) is 0 Å². The average molecular weight is 1200 g/mol. The third kappa shape index (κ3) is 13.4. The fourth-order valence-corrected chi connectivity index (χ4v) is 12.2. The van der Waals surface area contributed by atoms with Crippen LogP contribution in [0.2, 0.25) is 0 Å². The van der Waals surface area contributed by atoms with Gasteiger partial charge in [-0.25, -0.2) is 15.0 Å². The number of fused-ring (bicyclic) bond motifs is 4. The van der Waals surface area contributed by atoms with E-state index in [9.17, 15) is 38.9 Å². The topological polar surface area (TPSA) is 245 Å². The van der Waals surface area contributed by atoms with Gasteiger partial charge in [0, 0.05) is 38.9 Å². The van der Waals surface area contributed by atoms with Crippen molar-refractivity contribution in [3.63, 3.8) is 0 Å². The van der Waals surface area contributed by atoms with Crippen LogP contribution in [0.25, 0.3) is 34.2 Å².